The van der Waals surface area contributed by atoms with Gasteiger partial charge < -0.3 is 15.8 Å². The molecule has 0 aromatic heterocycles. The number of carbonyl (C=O) groups is 1. The molecule has 0 atom stereocenters. The minimum absolute atomic E-state index is 0. The number of halogens is 3. The second-order valence-corrected chi connectivity index (χ2v) is 6.35. The molecule has 0 aliphatic heterocycles. The average Bonchev–Trinajstić information content (AvgIpc) is 2.48. The molecule has 23 heavy (non-hydrogen) atoms. The van der Waals surface area contributed by atoms with Gasteiger partial charge >= 0.3 is 5.97 Å². The zero-order valence-corrected chi connectivity index (χ0v) is 14.8. The van der Waals surface area contributed by atoms with E-state index >= 15 is 0 Å². The zero-order valence-electron chi connectivity index (χ0n) is 12.5. The van der Waals surface area contributed by atoms with E-state index in [9.17, 15) is 4.79 Å². The summed E-state index contributed by atoms with van der Waals surface area (Å²) < 4.78 is 5.37. The van der Waals surface area contributed by atoms with Crippen LogP contribution in [-0.2, 0) is 4.79 Å². The van der Waals surface area contributed by atoms with Crippen LogP contribution in [-0.4, -0.2) is 18.5 Å². The first kappa shape index (κ1) is 19.9. The van der Waals surface area contributed by atoms with Crippen LogP contribution >= 0.6 is 35.6 Å². The van der Waals surface area contributed by atoms with Crippen molar-refractivity contribution in [3.05, 3.63) is 28.2 Å². The molecule has 4 N–H and O–H groups in total. The third kappa shape index (κ3) is 6.09. The molecule has 5 nitrogen and oxygen atoms in total. The fourth-order valence-corrected chi connectivity index (χ4v) is 3.05. The number of rotatable bonds is 4. The predicted octanol–water partition coefficient (Wildman–Crippen LogP) is 3.61. The maximum atomic E-state index is 12.2. The summed E-state index contributed by atoms with van der Waals surface area (Å²) in [5.74, 6) is 0.407. The summed E-state index contributed by atoms with van der Waals surface area (Å²) in [4.78, 5) is 12.2. The maximum Gasteiger partial charge on any atom is 0.314 e. The van der Waals surface area contributed by atoms with Crippen molar-refractivity contribution >= 4 is 47.5 Å². The van der Waals surface area contributed by atoms with Crippen molar-refractivity contribution in [2.45, 2.75) is 25.7 Å². The molecule has 1 aliphatic carbocycles. The van der Waals surface area contributed by atoms with Crippen molar-refractivity contribution in [1.29, 1.82) is 5.41 Å². The molecule has 0 bridgehead atoms. The van der Waals surface area contributed by atoms with E-state index < -0.39 is 0 Å². The summed E-state index contributed by atoms with van der Waals surface area (Å²) in [7, 11) is 0. The number of benzene rings is 1. The number of hydrogen-bond donors (Lipinski definition) is 3. The van der Waals surface area contributed by atoms with Crippen LogP contribution in [0.5, 0.6) is 5.75 Å². The molecule has 0 radical (unpaired) electrons. The summed E-state index contributed by atoms with van der Waals surface area (Å²) in [5.41, 5.74) is 5.27. The normalized spacial score (nSPS) is 20.3. The van der Waals surface area contributed by atoms with E-state index in [2.05, 4.69) is 5.32 Å². The van der Waals surface area contributed by atoms with Crippen LogP contribution in [0.3, 0.4) is 0 Å². The highest BCUT2D eigenvalue weighted by Gasteiger charge is 2.28. The SMILES string of the molecule is Cl.N=C(N)NC[C@H]1CC[C@H](C(=O)Oc2ccc(Cl)cc2Cl)CC1. The first-order valence-corrected chi connectivity index (χ1v) is 7.96. The summed E-state index contributed by atoms with van der Waals surface area (Å²) in [5, 5.41) is 10.8. The number of ether oxygens (including phenoxy) is 1. The standard InChI is InChI=1S/C15H19Cl2N3O2.ClH/c16-11-5-6-13(12(17)7-11)22-14(21)10-3-1-9(2-4-10)8-20-15(18)19;/h5-7,9-10H,1-4,8H2,(H4,18,19,20);1H/t9-,10-;. The van der Waals surface area contributed by atoms with Gasteiger partial charge in [0.2, 0.25) is 0 Å². The Morgan fingerprint density at radius 3 is 2.52 bits per heavy atom. The van der Waals surface area contributed by atoms with Crippen LogP contribution in [0.1, 0.15) is 25.7 Å². The van der Waals surface area contributed by atoms with E-state index in [1.807, 2.05) is 0 Å². The van der Waals surface area contributed by atoms with E-state index in [4.69, 9.17) is 39.1 Å². The quantitative estimate of drug-likeness (QED) is 0.322. The van der Waals surface area contributed by atoms with Crippen LogP contribution in [0.25, 0.3) is 0 Å². The van der Waals surface area contributed by atoms with Crippen molar-refractivity contribution in [3.63, 3.8) is 0 Å². The topological polar surface area (TPSA) is 88.2 Å². The van der Waals surface area contributed by atoms with Gasteiger partial charge in [0.25, 0.3) is 0 Å². The lowest BCUT2D eigenvalue weighted by molar-refractivity contribution is -0.140. The van der Waals surface area contributed by atoms with Crippen LogP contribution < -0.4 is 15.8 Å². The monoisotopic (exact) mass is 379 g/mol. The molecule has 8 heteroatoms. The minimum Gasteiger partial charge on any atom is -0.425 e. The van der Waals surface area contributed by atoms with Gasteiger partial charge in [-0.05, 0) is 49.8 Å². The second kappa shape index (κ2) is 9.21. The number of carbonyl (C=O) groups excluding carboxylic acids is 1. The van der Waals surface area contributed by atoms with Crippen LogP contribution in [0.15, 0.2) is 18.2 Å². The molecule has 128 valence electrons. The molecule has 1 aliphatic rings. The van der Waals surface area contributed by atoms with Gasteiger partial charge in [0.05, 0.1) is 10.9 Å². The van der Waals surface area contributed by atoms with E-state index in [0.29, 0.717) is 28.3 Å². The highest BCUT2D eigenvalue weighted by atomic mass is 35.5. The number of esters is 1. The van der Waals surface area contributed by atoms with Crippen LogP contribution in [0.4, 0.5) is 0 Å². The van der Waals surface area contributed by atoms with Crippen LogP contribution in [0.2, 0.25) is 10.0 Å². The Morgan fingerprint density at radius 1 is 1.30 bits per heavy atom. The molecule has 0 amide bonds. The highest BCUT2D eigenvalue weighted by molar-refractivity contribution is 6.35. The maximum absolute atomic E-state index is 12.2. The van der Waals surface area contributed by atoms with Crippen molar-refractivity contribution < 1.29 is 9.53 Å². The Hall–Kier alpha value is -1.17. The van der Waals surface area contributed by atoms with E-state index in [1.54, 1.807) is 18.2 Å². The molecular formula is C15H20Cl3N3O2. The molecule has 0 spiro atoms. The first-order chi connectivity index (χ1) is 10.5. The summed E-state index contributed by atoms with van der Waals surface area (Å²) in [6.07, 6.45) is 3.37. The first-order valence-electron chi connectivity index (χ1n) is 7.20. The smallest absolute Gasteiger partial charge is 0.314 e. The third-order valence-electron chi connectivity index (χ3n) is 3.87. The Bertz CT molecular complexity index is 561. The molecule has 0 unspecified atom stereocenters. The Balaban J connectivity index is 0.00000264. The second-order valence-electron chi connectivity index (χ2n) is 5.51. The summed E-state index contributed by atoms with van der Waals surface area (Å²) in [6, 6.07) is 4.79. The lowest BCUT2D eigenvalue weighted by Gasteiger charge is -2.27. The van der Waals surface area contributed by atoms with Gasteiger partial charge in [0.1, 0.15) is 5.75 Å². The van der Waals surface area contributed by atoms with Gasteiger partial charge in [-0.15, -0.1) is 12.4 Å². The van der Waals surface area contributed by atoms with Crippen LogP contribution in [0, 0.1) is 17.2 Å². The van der Waals surface area contributed by atoms with Crippen molar-refractivity contribution in [2.75, 3.05) is 6.54 Å². The molecule has 1 aromatic rings. The molecule has 1 fully saturated rings. The number of nitrogens with two attached hydrogens (primary N) is 1. The lowest BCUT2D eigenvalue weighted by atomic mass is 9.82. The van der Waals surface area contributed by atoms with Crippen molar-refractivity contribution in [2.24, 2.45) is 17.6 Å². The largest absolute Gasteiger partial charge is 0.425 e. The molecule has 1 aromatic carbocycles. The number of guanidine groups is 1. The van der Waals surface area contributed by atoms with E-state index in [0.717, 1.165) is 25.7 Å². The molecular weight excluding hydrogens is 361 g/mol. The molecule has 2 rings (SSSR count). The lowest BCUT2D eigenvalue weighted by Crippen LogP contribution is -2.36. The predicted molar refractivity (Wildman–Crippen MR) is 94.7 cm³/mol. The molecule has 0 heterocycles. The van der Waals surface area contributed by atoms with Crippen molar-refractivity contribution in [3.8, 4) is 5.75 Å². The Labute approximate surface area is 151 Å². The molecule has 1 saturated carbocycles. The van der Waals surface area contributed by atoms with Gasteiger partial charge in [-0.3, -0.25) is 10.2 Å². The fraction of sp³-hybridized carbons (Fsp3) is 0.467. The average molecular weight is 381 g/mol. The molecule has 0 saturated heterocycles. The third-order valence-corrected chi connectivity index (χ3v) is 4.40. The number of nitrogens with one attached hydrogen (secondary N) is 2. The van der Waals surface area contributed by atoms with Gasteiger partial charge in [-0.1, -0.05) is 23.2 Å². The summed E-state index contributed by atoms with van der Waals surface area (Å²) >= 11 is 11.8. The van der Waals surface area contributed by atoms with Gasteiger partial charge in [0, 0.05) is 11.6 Å². The Morgan fingerprint density at radius 2 is 1.96 bits per heavy atom. The highest BCUT2D eigenvalue weighted by Crippen LogP contribution is 2.32. The number of hydrogen-bond acceptors (Lipinski definition) is 3. The van der Waals surface area contributed by atoms with Gasteiger partial charge in [-0.25, -0.2) is 0 Å². The minimum atomic E-state index is -0.248. The summed E-state index contributed by atoms with van der Waals surface area (Å²) in [6.45, 7) is 0.681. The fourth-order valence-electron chi connectivity index (χ4n) is 2.61. The Kier molecular flexibility index (Phi) is 7.95. The van der Waals surface area contributed by atoms with Crippen molar-refractivity contribution in [1.82, 2.24) is 5.32 Å². The van der Waals surface area contributed by atoms with E-state index in [1.165, 1.54) is 0 Å². The van der Waals surface area contributed by atoms with Gasteiger partial charge in [-0.2, -0.15) is 0 Å². The van der Waals surface area contributed by atoms with E-state index in [-0.39, 0.29) is 30.3 Å². The van der Waals surface area contributed by atoms with Gasteiger partial charge in [0.15, 0.2) is 5.96 Å². The zero-order chi connectivity index (χ0) is 16.1.